The van der Waals surface area contributed by atoms with Gasteiger partial charge >= 0.3 is 6.09 Å². The SMILES string of the molecule is CC(C)(C)OC(=O)N1[C@@H]2CC[C@H]1CC1(CO1)C2. The fourth-order valence-electron chi connectivity index (χ4n) is 3.25. The van der Waals surface area contributed by atoms with Gasteiger partial charge in [0.2, 0.25) is 0 Å². The molecule has 17 heavy (non-hydrogen) atoms. The maximum absolute atomic E-state index is 12.2. The van der Waals surface area contributed by atoms with Gasteiger partial charge < -0.3 is 14.4 Å². The molecule has 0 N–H and O–H groups in total. The van der Waals surface area contributed by atoms with Crippen molar-refractivity contribution in [3.8, 4) is 0 Å². The Morgan fingerprint density at radius 3 is 2.24 bits per heavy atom. The topological polar surface area (TPSA) is 42.1 Å². The summed E-state index contributed by atoms with van der Waals surface area (Å²) >= 11 is 0. The third-order valence-electron chi connectivity index (χ3n) is 3.99. The van der Waals surface area contributed by atoms with Crippen LogP contribution in [0.2, 0.25) is 0 Å². The van der Waals surface area contributed by atoms with Crippen molar-refractivity contribution in [1.82, 2.24) is 4.90 Å². The van der Waals surface area contributed by atoms with Gasteiger partial charge in [0, 0.05) is 12.1 Å². The molecule has 96 valence electrons. The molecule has 3 heterocycles. The molecule has 0 radical (unpaired) electrons. The number of amides is 1. The predicted molar refractivity (Wildman–Crippen MR) is 62.8 cm³/mol. The summed E-state index contributed by atoms with van der Waals surface area (Å²) in [6, 6.07) is 0.678. The van der Waals surface area contributed by atoms with Crippen molar-refractivity contribution >= 4 is 6.09 Å². The lowest BCUT2D eigenvalue weighted by Gasteiger charge is -2.38. The van der Waals surface area contributed by atoms with E-state index in [0.29, 0.717) is 12.1 Å². The number of carbonyl (C=O) groups excluding carboxylic acids is 1. The molecule has 3 saturated heterocycles. The fourth-order valence-corrected chi connectivity index (χ4v) is 3.25. The summed E-state index contributed by atoms with van der Waals surface area (Å²) in [5.41, 5.74) is -0.272. The monoisotopic (exact) mass is 239 g/mol. The fraction of sp³-hybridized carbons (Fsp3) is 0.923. The summed E-state index contributed by atoms with van der Waals surface area (Å²) in [6.45, 7) is 6.65. The maximum Gasteiger partial charge on any atom is 0.410 e. The van der Waals surface area contributed by atoms with Gasteiger partial charge in [-0.3, -0.25) is 0 Å². The molecule has 1 spiro atoms. The smallest absolute Gasteiger partial charge is 0.410 e. The van der Waals surface area contributed by atoms with Crippen molar-refractivity contribution in [3.63, 3.8) is 0 Å². The van der Waals surface area contributed by atoms with E-state index >= 15 is 0 Å². The zero-order chi connectivity index (χ0) is 12.3. The number of ether oxygens (including phenoxy) is 2. The Labute approximate surface area is 102 Å². The van der Waals surface area contributed by atoms with Gasteiger partial charge in [0.15, 0.2) is 0 Å². The van der Waals surface area contributed by atoms with Crippen molar-refractivity contribution < 1.29 is 14.3 Å². The number of hydrogen-bond acceptors (Lipinski definition) is 3. The number of piperidine rings is 1. The number of hydrogen-bond donors (Lipinski definition) is 0. The molecule has 0 aromatic rings. The quantitative estimate of drug-likeness (QED) is 0.609. The van der Waals surface area contributed by atoms with Crippen molar-refractivity contribution in [1.29, 1.82) is 0 Å². The molecule has 1 unspecified atom stereocenters. The zero-order valence-corrected chi connectivity index (χ0v) is 10.9. The molecule has 1 amide bonds. The number of carbonyl (C=O) groups is 1. The minimum absolute atomic E-state index is 0.129. The van der Waals surface area contributed by atoms with Crippen LogP contribution in [-0.2, 0) is 9.47 Å². The average Bonchev–Trinajstić information content (AvgIpc) is 2.84. The van der Waals surface area contributed by atoms with Crippen LogP contribution in [0.15, 0.2) is 0 Å². The molecule has 0 aromatic heterocycles. The number of fused-ring (bicyclic) bond motifs is 2. The first kappa shape index (κ1) is 11.3. The second-order valence-corrected chi connectivity index (χ2v) is 6.65. The van der Waals surface area contributed by atoms with Crippen LogP contribution in [0.4, 0.5) is 4.79 Å². The molecule has 4 nitrogen and oxygen atoms in total. The highest BCUT2D eigenvalue weighted by Crippen LogP contribution is 2.49. The van der Waals surface area contributed by atoms with E-state index < -0.39 is 5.60 Å². The van der Waals surface area contributed by atoms with Gasteiger partial charge in [-0.2, -0.15) is 0 Å². The minimum Gasteiger partial charge on any atom is -0.444 e. The van der Waals surface area contributed by atoms with Gasteiger partial charge in [-0.1, -0.05) is 0 Å². The van der Waals surface area contributed by atoms with Crippen molar-refractivity contribution in [2.24, 2.45) is 0 Å². The van der Waals surface area contributed by atoms with E-state index in [1.807, 2.05) is 25.7 Å². The summed E-state index contributed by atoms with van der Waals surface area (Å²) in [5.74, 6) is 0. The summed E-state index contributed by atoms with van der Waals surface area (Å²) < 4.78 is 11.1. The van der Waals surface area contributed by atoms with E-state index in [0.717, 1.165) is 32.3 Å². The summed E-state index contributed by atoms with van der Waals surface area (Å²) in [7, 11) is 0. The third kappa shape index (κ3) is 2.03. The molecule has 0 aliphatic carbocycles. The van der Waals surface area contributed by atoms with Crippen molar-refractivity contribution in [2.75, 3.05) is 6.61 Å². The van der Waals surface area contributed by atoms with Crippen LogP contribution in [0.25, 0.3) is 0 Å². The van der Waals surface area contributed by atoms with E-state index in [1.165, 1.54) is 0 Å². The summed E-state index contributed by atoms with van der Waals surface area (Å²) in [5, 5.41) is 0. The van der Waals surface area contributed by atoms with Crippen LogP contribution < -0.4 is 0 Å². The minimum atomic E-state index is -0.401. The standard InChI is InChI=1S/C13H21NO3/c1-12(2,3)17-11(15)14-9-4-5-10(14)7-13(6-9)8-16-13/h9-10H,4-8H2,1-3H3/t9-,10+,13?. The Morgan fingerprint density at radius 1 is 1.29 bits per heavy atom. The van der Waals surface area contributed by atoms with Gasteiger partial charge in [-0.15, -0.1) is 0 Å². The Bertz CT molecular complexity index is 327. The molecule has 0 saturated carbocycles. The number of nitrogens with zero attached hydrogens (tertiary/aromatic N) is 1. The molecule has 3 aliphatic heterocycles. The molecule has 3 atom stereocenters. The largest absolute Gasteiger partial charge is 0.444 e. The second kappa shape index (κ2) is 3.37. The molecule has 2 bridgehead atoms. The molecule has 3 rings (SSSR count). The van der Waals surface area contributed by atoms with Crippen molar-refractivity contribution in [3.05, 3.63) is 0 Å². The normalized spacial score (nSPS) is 39.6. The van der Waals surface area contributed by atoms with Crippen LogP contribution in [0, 0.1) is 0 Å². The molecule has 3 fully saturated rings. The molecular weight excluding hydrogens is 218 g/mol. The Morgan fingerprint density at radius 2 is 1.82 bits per heavy atom. The lowest BCUT2D eigenvalue weighted by Crippen LogP contribution is -2.50. The highest BCUT2D eigenvalue weighted by atomic mass is 16.6. The third-order valence-corrected chi connectivity index (χ3v) is 3.99. The summed E-state index contributed by atoms with van der Waals surface area (Å²) in [6.07, 6.45) is 4.08. The lowest BCUT2D eigenvalue weighted by molar-refractivity contribution is -0.00100. The van der Waals surface area contributed by atoms with E-state index in [9.17, 15) is 4.79 Å². The first-order valence-electron chi connectivity index (χ1n) is 6.54. The maximum atomic E-state index is 12.2. The van der Waals surface area contributed by atoms with E-state index in [4.69, 9.17) is 9.47 Å². The first-order valence-corrected chi connectivity index (χ1v) is 6.54. The van der Waals surface area contributed by atoms with Crippen LogP contribution in [0.3, 0.4) is 0 Å². The Hall–Kier alpha value is -0.770. The van der Waals surface area contributed by atoms with Gasteiger partial charge in [0.1, 0.15) is 5.60 Å². The second-order valence-electron chi connectivity index (χ2n) is 6.65. The predicted octanol–water partition coefficient (Wildman–Crippen LogP) is 2.32. The Balaban J connectivity index is 1.70. The van der Waals surface area contributed by atoms with Crippen molar-refractivity contribution in [2.45, 2.75) is 69.7 Å². The molecule has 0 aromatic carbocycles. The van der Waals surface area contributed by atoms with E-state index in [-0.39, 0.29) is 11.7 Å². The number of rotatable bonds is 0. The average molecular weight is 239 g/mol. The van der Waals surface area contributed by atoms with Crippen LogP contribution >= 0.6 is 0 Å². The highest BCUT2D eigenvalue weighted by Gasteiger charge is 2.57. The number of epoxide rings is 1. The van der Waals surface area contributed by atoms with Crippen LogP contribution in [0.5, 0.6) is 0 Å². The van der Waals surface area contributed by atoms with Gasteiger partial charge in [-0.25, -0.2) is 4.79 Å². The van der Waals surface area contributed by atoms with E-state index in [2.05, 4.69) is 0 Å². The highest BCUT2D eigenvalue weighted by molar-refractivity contribution is 5.69. The van der Waals surface area contributed by atoms with Crippen LogP contribution in [0.1, 0.15) is 46.5 Å². The first-order chi connectivity index (χ1) is 7.89. The van der Waals surface area contributed by atoms with Gasteiger partial charge in [0.25, 0.3) is 0 Å². The molecular formula is C13H21NO3. The summed E-state index contributed by atoms with van der Waals surface area (Å²) in [4.78, 5) is 14.1. The van der Waals surface area contributed by atoms with Gasteiger partial charge in [-0.05, 0) is 46.5 Å². The molecule has 4 heteroatoms. The Kier molecular flexibility index (Phi) is 2.25. The van der Waals surface area contributed by atoms with Gasteiger partial charge in [0.05, 0.1) is 12.2 Å². The van der Waals surface area contributed by atoms with Crippen LogP contribution in [-0.4, -0.2) is 40.9 Å². The molecule has 3 aliphatic rings. The lowest BCUT2D eigenvalue weighted by atomic mass is 9.91. The zero-order valence-electron chi connectivity index (χ0n) is 10.9. The van der Waals surface area contributed by atoms with E-state index in [1.54, 1.807) is 0 Å².